The first-order chi connectivity index (χ1) is 8.70. The maximum Gasteiger partial charge on any atom is 0.248 e. The Bertz CT molecular complexity index is 575. The van der Waals surface area contributed by atoms with Gasteiger partial charge in [0.25, 0.3) is 0 Å². The highest BCUT2D eigenvalue weighted by molar-refractivity contribution is 9.10. The van der Waals surface area contributed by atoms with Crippen molar-refractivity contribution in [2.24, 2.45) is 0 Å². The van der Waals surface area contributed by atoms with E-state index in [-0.39, 0.29) is 0 Å². The van der Waals surface area contributed by atoms with Crippen LogP contribution in [-0.4, -0.2) is 28.7 Å². The second-order valence-corrected chi connectivity index (χ2v) is 4.67. The summed E-state index contributed by atoms with van der Waals surface area (Å²) < 4.78 is 6.47. The summed E-state index contributed by atoms with van der Waals surface area (Å²) in [5.41, 5.74) is 0.860. The molecule has 0 N–H and O–H groups in total. The average molecular weight is 307 g/mol. The average Bonchev–Trinajstić information content (AvgIpc) is 2.78. The summed E-state index contributed by atoms with van der Waals surface area (Å²) in [7, 11) is 1.82. The molecular formula is C12H11BrN4O. The zero-order valence-electron chi connectivity index (χ0n) is 9.80. The molecule has 18 heavy (non-hydrogen) atoms. The number of halogens is 1. The topological polar surface area (TPSA) is 66.0 Å². The van der Waals surface area contributed by atoms with Crippen LogP contribution in [0.3, 0.4) is 0 Å². The molecule has 6 heteroatoms. The lowest BCUT2D eigenvalue weighted by Gasteiger charge is -2.07. The molecule has 0 aliphatic heterocycles. The van der Waals surface area contributed by atoms with Crippen molar-refractivity contribution < 1.29 is 4.42 Å². The van der Waals surface area contributed by atoms with Crippen LogP contribution in [0.15, 0.2) is 33.2 Å². The van der Waals surface area contributed by atoms with Gasteiger partial charge in [-0.05, 0) is 35.1 Å². The third-order valence-electron chi connectivity index (χ3n) is 2.32. The van der Waals surface area contributed by atoms with E-state index in [0.717, 1.165) is 10.0 Å². The molecule has 0 fully saturated rings. The molecule has 1 aromatic heterocycles. The molecule has 0 radical (unpaired) electrons. The van der Waals surface area contributed by atoms with Gasteiger partial charge in [0.05, 0.1) is 24.7 Å². The number of hydrogen-bond donors (Lipinski definition) is 0. The number of rotatable bonds is 4. The lowest BCUT2D eigenvalue weighted by molar-refractivity contribution is 0.319. The number of nitriles is 1. The SMILES string of the molecule is CN(CC#N)Cc1nnc(-c2ccccc2Br)o1. The molecule has 5 nitrogen and oxygen atoms in total. The van der Waals surface area contributed by atoms with Crippen molar-refractivity contribution in [3.8, 4) is 17.5 Å². The van der Waals surface area contributed by atoms with Gasteiger partial charge in [-0.15, -0.1) is 10.2 Å². The van der Waals surface area contributed by atoms with Crippen LogP contribution in [0.1, 0.15) is 5.89 Å². The zero-order chi connectivity index (χ0) is 13.0. The fourth-order valence-electron chi connectivity index (χ4n) is 1.47. The summed E-state index contributed by atoms with van der Waals surface area (Å²) in [4.78, 5) is 1.80. The molecule has 1 aromatic carbocycles. The monoisotopic (exact) mass is 306 g/mol. The minimum Gasteiger partial charge on any atom is -0.419 e. The first-order valence-corrected chi connectivity index (χ1v) is 6.13. The van der Waals surface area contributed by atoms with Gasteiger partial charge in [0, 0.05) is 4.47 Å². The van der Waals surface area contributed by atoms with Crippen molar-refractivity contribution in [3.05, 3.63) is 34.6 Å². The molecule has 0 bridgehead atoms. The Labute approximate surface area is 113 Å². The smallest absolute Gasteiger partial charge is 0.248 e. The third-order valence-corrected chi connectivity index (χ3v) is 3.01. The largest absolute Gasteiger partial charge is 0.419 e. The van der Waals surface area contributed by atoms with E-state index in [1.807, 2.05) is 31.3 Å². The fraction of sp³-hybridized carbons (Fsp3) is 0.250. The van der Waals surface area contributed by atoms with Gasteiger partial charge in [0.2, 0.25) is 11.8 Å². The maximum absolute atomic E-state index is 8.57. The van der Waals surface area contributed by atoms with Gasteiger partial charge in [0.1, 0.15) is 0 Å². The molecule has 92 valence electrons. The molecule has 1 heterocycles. The van der Waals surface area contributed by atoms with Crippen molar-refractivity contribution >= 4 is 15.9 Å². The van der Waals surface area contributed by atoms with Gasteiger partial charge < -0.3 is 4.42 Å². The minimum atomic E-state index is 0.326. The second-order valence-electron chi connectivity index (χ2n) is 3.81. The van der Waals surface area contributed by atoms with Crippen molar-refractivity contribution in [2.45, 2.75) is 6.54 Å². The van der Waals surface area contributed by atoms with Crippen LogP contribution in [0.5, 0.6) is 0 Å². The highest BCUT2D eigenvalue weighted by Gasteiger charge is 2.12. The van der Waals surface area contributed by atoms with Gasteiger partial charge >= 0.3 is 0 Å². The molecule has 0 saturated heterocycles. The molecule has 0 aliphatic carbocycles. The van der Waals surface area contributed by atoms with E-state index in [1.165, 1.54) is 0 Å². The first kappa shape index (κ1) is 12.7. The predicted molar refractivity (Wildman–Crippen MR) is 69.4 cm³/mol. The second kappa shape index (κ2) is 5.76. The standard InChI is InChI=1S/C12H11BrN4O/c1-17(7-6-14)8-11-15-16-12(18-11)9-4-2-3-5-10(9)13/h2-5H,7-8H2,1H3. The number of hydrogen-bond acceptors (Lipinski definition) is 5. The maximum atomic E-state index is 8.57. The zero-order valence-corrected chi connectivity index (χ0v) is 11.4. The molecule has 0 aliphatic rings. The van der Waals surface area contributed by atoms with Gasteiger partial charge in [-0.3, -0.25) is 4.90 Å². The summed E-state index contributed by atoms with van der Waals surface area (Å²) in [5, 5.41) is 16.5. The Kier molecular flexibility index (Phi) is 4.07. The number of nitrogens with zero attached hydrogens (tertiary/aromatic N) is 4. The Hall–Kier alpha value is -1.71. The molecule has 0 amide bonds. The predicted octanol–water partition coefficient (Wildman–Crippen LogP) is 2.45. The Morgan fingerprint density at radius 2 is 2.17 bits per heavy atom. The lowest BCUT2D eigenvalue weighted by Crippen LogP contribution is -2.17. The normalized spacial score (nSPS) is 10.6. The fourth-order valence-corrected chi connectivity index (χ4v) is 1.92. The van der Waals surface area contributed by atoms with Crippen molar-refractivity contribution in [1.82, 2.24) is 15.1 Å². The van der Waals surface area contributed by atoms with Gasteiger partial charge in [0.15, 0.2) is 0 Å². The van der Waals surface area contributed by atoms with Crippen LogP contribution >= 0.6 is 15.9 Å². The van der Waals surface area contributed by atoms with Crippen LogP contribution in [0, 0.1) is 11.3 Å². The highest BCUT2D eigenvalue weighted by Crippen LogP contribution is 2.26. The molecule has 0 unspecified atom stereocenters. The summed E-state index contributed by atoms with van der Waals surface area (Å²) >= 11 is 3.44. The van der Waals surface area contributed by atoms with E-state index in [2.05, 4.69) is 32.2 Å². The van der Waals surface area contributed by atoms with Crippen LogP contribution in [-0.2, 0) is 6.54 Å². The highest BCUT2D eigenvalue weighted by atomic mass is 79.9. The van der Waals surface area contributed by atoms with Crippen molar-refractivity contribution in [2.75, 3.05) is 13.6 Å². The summed E-state index contributed by atoms with van der Waals surface area (Å²) in [6.07, 6.45) is 0. The lowest BCUT2D eigenvalue weighted by atomic mass is 10.2. The van der Waals surface area contributed by atoms with Gasteiger partial charge in [-0.2, -0.15) is 5.26 Å². The van der Waals surface area contributed by atoms with Crippen LogP contribution in [0.2, 0.25) is 0 Å². The van der Waals surface area contributed by atoms with Crippen molar-refractivity contribution in [3.63, 3.8) is 0 Å². The number of aromatic nitrogens is 2. The Balaban J connectivity index is 2.16. The molecule has 0 saturated carbocycles. The van der Waals surface area contributed by atoms with E-state index >= 15 is 0 Å². The van der Waals surface area contributed by atoms with Gasteiger partial charge in [-0.1, -0.05) is 12.1 Å². The summed E-state index contributed by atoms with van der Waals surface area (Å²) in [6, 6.07) is 9.72. The van der Waals surface area contributed by atoms with E-state index in [1.54, 1.807) is 4.90 Å². The summed E-state index contributed by atoms with van der Waals surface area (Å²) in [6.45, 7) is 0.789. The molecule has 2 aromatic rings. The number of benzene rings is 1. The third kappa shape index (κ3) is 2.94. The molecule has 0 spiro atoms. The van der Waals surface area contributed by atoms with E-state index in [0.29, 0.717) is 24.9 Å². The van der Waals surface area contributed by atoms with Crippen LogP contribution in [0.4, 0.5) is 0 Å². The Morgan fingerprint density at radius 3 is 2.89 bits per heavy atom. The summed E-state index contributed by atoms with van der Waals surface area (Å²) in [5.74, 6) is 0.973. The van der Waals surface area contributed by atoms with Crippen LogP contribution in [0.25, 0.3) is 11.5 Å². The quantitative estimate of drug-likeness (QED) is 0.812. The van der Waals surface area contributed by atoms with E-state index < -0.39 is 0 Å². The molecular weight excluding hydrogens is 296 g/mol. The van der Waals surface area contributed by atoms with Crippen molar-refractivity contribution in [1.29, 1.82) is 5.26 Å². The first-order valence-electron chi connectivity index (χ1n) is 5.33. The minimum absolute atomic E-state index is 0.326. The van der Waals surface area contributed by atoms with E-state index in [9.17, 15) is 0 Å². The van der Waals surface area contributed by atoms with E-state index in [4.69, 9.17) is 9.68 Å². The van der Waals surface area contributed by atoms with Crippen LogP contribution < -0.4 is 0 Å². The Morgan fingerprint density at radius 1 is 1.39 bits per heavy atom. The molecule has 0 atom stereocenters. The van der Waals surface area contributed by atoms with Gasteiger partial charge in [-0.25, -0.2) is 0 Å². The molecule has 2 rings (SSSR count).